The molecule has 0 aromatic rings. The van der Waals surface area contributed by atoms with Crippen molar-refractivity contribution >= 4 is 21.7 Å². The lowest BCUT2D eigenvalue weighted by Crippen LogP contribution is -1.90. The van der Waals surface area contributed by atoms with Gasteiger partial charge in [0.25, 0.3) is 0 Å². The number of alkyl halides is 1. The minimum atomic E-state index is 0.149. The second-order valence-corrected chi connectivity index (χ2v) is 2.61. The van der Waals surface area contributed by atoms with Crippen LogP contribution in [0.2, 0.25) is 0 Å². The molecule has 0 bridgehead atoms. The molecule has 0 rings (SSSR count). The molecule has 52 valence electrons. The molecule has 0 radical (unpaired) electrons. The third-order valence-electron chi connectivity index (χ3n) is 1.03. The summed E-state index contributed by atoms with van der Waals surface area (Å²) < 4.78 is 0. The number of carbonyl (C=O) groups is 1. The summed E-state index contributed by atoms with van der Waals surface area (Å²) in [5.41, 5.74) is 0. The van der Waals surface area contributed by atoms with E-state index in [1.54, 1.807) is 0 Å². The summed E-state index contributed by atoms with van der Waals surface area (Å²) >= 11 is 3.28. The van der Waals surface area contributed by atoms with Crippen molar-refractivity contribution in [1.82, 2.24) is 0 Å². The Morgan fingerprint density at radius 2 is 2.22 bits per heavy atom. The molecule has 0 fully saturated rings. The van der Waals surface area contributed by atoms with Gasteiger partial charge in [-0.2, -0.15) is 0 Å². The molecule has 0 heterocycles. The molecule has 0 atom stereocenters. The Morgan fingerprint density at radius 3 is 2.67 bits per heavy atom. The molecule has 0 N–H and O–H groups in total. The van der Waals surface area contributed by atoms with E-state index in [4.69, 9.17) is 0 Å². The summed E-state index contributed by atoms with van der Waals surface area (Å²) in [5, 5.41) is 0.984. The number of ketones is 1. The summed E-state index contributed by atoms with van der Waals surface area (Å²) in [7, 11) is 0. The Morgan fingerprint density at radius 1 is 1.56 bits per heavy atom. The van der Waals surface area contributed by atoms with Crippen LogP contribution >= 0.6 is 15.9 Å². The highest BCUT2D eigenvalue weighted by Gasteiger charge is 1.92. The summed E-state index contributed by atoms with van der Waals surface area (Å²) in [6, 6.07) is 0. The zero-order valence-corrected chi connectivity index (χ0v) is 6.99. The van der Waals surface area contributed by atoms with Crippen LogP contribution in [0.4, 0.5) is 0 Å². The number of halogens is 1. The topological polar surface area (TPSA) is 17.1 Å². The summed E-state index contributed by atoms with van der Waals surface area (Å²) in [6.45, 7) is 3.38. The van der Waals surface area contributed by atoms with Crippen LogP contribution in [-0.2, 0) is 4.79 Å². The van der Waals surface area contributed by atoms with Gasteiger partial charge in [-0.3, -0.25) is 4.79 Å². The maximum absolute atomic E-state index is 10.6. The highest BCUT2D eigenvalue weighted by atomic mass is 79.9. The van der Waals surface area contributed by atoms with Crippen LogP contribution in [0.3, 0.4) is 0 Å². The fourth-order valence-electron chi connectivity index (χ4n) is 0.496. The minimum Gasteiger partial charge on any atom is -0.295 e. The van der Waals surface area contributed by atoms with Gasteiger partial charge in [-0.15, -0.1) is 0 Å². The predicted octanol–water partition coefficient (Wildman–Crippen LogP) is 2.31. The molecule has 0 saturated heterocycles. The maximum atomic E-state index is 10.6. The van der Waals surface area contributed by atoms with Crippen molar-refractivity contribution in [3.05, 3.63) is 12.7 Å². The average molecular weight is 191 g/mol. The van der Waals surface area contributed by atoms with Crippen molar-refractivity contribution in [3.63, 3.8) is 0 Å². The lowest BCUT2D eigenvalue weighted by Gasteiger charge is -1.90. The van der Waals surface area contributed by atoms with Crippen molar-refractivity contribution in [3.8, 4) is 0 Å². The molecule has 0 aliphatic carbocycles. The highest BCUT2D eigenvalue weighted by molar-refractivity contribution is 9.09. The number of allylic oxidation sites excluding steroid dienone is 1. The predicted molar refractivity (Wildman–Crippen MR) is 42.8 cm³/mol. The number of carbonyl (C=O) groups excluding carboxylic acids is 1. The molecule has 9 heavy (non-hydrogen) atoms. The van der Waals surface area contributed by atoms with Gasteiger partial charge in [-0.1, -0.05) is 22.5 Å². The fourth-order valence-corrected chi connectivity index (χ4v) is 0.892. The van der Waals surface area contributed by atoms with E-state index in [1.807, 2.05) is 0 Å². The Labute approximate surface area is 64.3 Å². The SMILES string of the molecule is C=CC(=O)CCCCBr. The van der Waals surface area contributed by atoms with Gasteiger partial charge in [0.15, 0.2) is 5.78 Å². The van der Waals surface area contributed by atoms with Crippen LogP contribution in [0.15, 0.2) is 12.7 Å². The Kier molecular flexibility index (Phi) is 5.94. The van der Waals surface area contributed by atoms with Gasteiger partial charge in [0.1, 0.15) is 0 Å². The molecule has 0 spiro atoms. The molecule has 2 heteroatoms. The van der Waals surface area contributed by atoms with Crippen molar-refractivity contribution in [1.29, 1.82) is 0 Å². The molecule has 0 aliphatic rings. The smallest absolute Gasteiger partial charge is 0.155 e. The van der Waals surface area contributed by atoms with Crippen LogP contribution in [0.25, 0.3) is 0 Å². The van der Waals surface area contributed by atoms with Gasteiger partial charge in [-0.25, -0.2) is 0 Å². The lowest BCUT2D eigenvalue weighted by molar-refractivity contribution is -0.114. The quantitative estimate of drug-likeness (QED) is 0.370. The van der Waals surface area contributed by atoms with Gasteiger partial charge < -0.3 is 0 Å². The minimum absolute atomic E-state index is 0.149. The lowest BCUT2D eigenvalue weighted by atomic mass is 10.2. The summed E-state index contributed by atoms with van der Waals surface area (Å²) in [4.78, 5) is 10.6. The molecule has 0 unspecified atom stereocenters. The molecule has 0 saturated carbocycles. The van der Waals surface area contributed by atoms with Crippen LogP contribution in [0.1, 0.15) is 19.3 Å². The molecule has 0 aliphatic heterocycles. The first-order valence-corrected chi connectivity index (χ1v) is 4.14. The number of hydrogen-bond acceptors (Lipinski definition) is 1. The molecule has 0 aromatic heterocycles. The van der Waals surface area contributed by atoms with Gasteiger partial charge >= 0.3 is 0 Å². The van der Waals surface area contributed by atoms with Gasteiger partial charge in [0.2, 0.25) is 0 Å². The Bertz CT molecular complexity index is 99.1. The highest BCUT2D eigenvalue weighted by Crippen LogP contribution is 1.98. The fraction of sp³-hybridized carbons (Fsp3) is 0.571. The van der Waals surface area contributed by atoms with Crippen LogP contribution in [0, 0.1) is 0 Å². The second-order valence-electron chi connectivity index (χ2n) is 1.82. The van der Waals surface area contributed by atoms with E-state index in [1.165, 1.54) is 6.08 Å². The first-order valence-electron chi connectivity index (χ1n) is 3.02. The zero-order chi connectivity index (χ0) is 7.11. The van der Waals surface area contributed by atoms with Crippen molar-refractivity contribution in [2.75, 3.05) is 5.33 Å². The first-order chi connectivity index (χ1) is 4.31. The molecular formula is C7H11BrO. The van der Waals surface area contributed by atoms with E-state index in [9.17, 15) is 4.79 Å². The number of unbranched alkanes of at least 4 members (excludes halogenated alkanes) is 1. The van der Waals surface area contributed by atoms with Crippen LogP contribution < -0.4 is 0 Å². The number of rotatable bonds is 5. The first kappa shape index (κ1) is 8.89. The maximum Gasteiger partial charge on any atom is 0.155 e. The Hall–Kier alpha value is -0.110. The van der Waals surface area contributed by atoms with Crippen LogP contribution in [-0.4, -0.2) is 11.1 Å². The zero-order valence-electron chi connectivity index (χ0n) is 5.40. The monoisotopic (exact) mass is 190 g/mol. The van der Waals surface area contributed by atoms with E-state index >= 15 is 0 Å². The van der Waals surface area contributed by atoms with E-state index in [0.29, 0.717) is 6.42 Å². The van der Waals surface area contributed by atoms with Crippen LogP contribution in [0.5, 0.6) is 0 Å². The van der Waals surface area contributed by atoms with Crippen molar-refractivity contribution in [2.24, 2.45) is 0 Å². The van der Waals surface area contributed by atoms with E-state index in [2.05, 4.69) is 22.5 Å². The third-order valence-corrected chi connectivity index (χ3v) is 1.60. The van der Waals surface area contributed by atoms with E-state index in [0.717, 1.165) is 18.2 Å². The summed E-state index contributed by atoms with van der Waals surface area (Å²) in [5.74, 6) is 0.149. The molecule has 1 nitrogen and oxygen atoms in total. The van der Waals surface area contributed by atoms with Crippen molar-refractivity contribution < 1.29 is 4.79 Å². The molecule has 0 amide bonds. The van der Waals surface area contributed by atoms with E-state index < -0.39 is 0 Å². The average Bonchev–Trinajstić information content (AvgIpc) is 1.89. The molecule has 0 aromatic carbocycles. The van der Waals surface area contributed by atoms with Gasteiger partial charge in [0.05, 0.1) is 0 Å². The van der Waals surface area contributed by atoms with E-state index in [-0.39, 0.29) is 5.78 Å². The number of hydrogen-bond donors (Lipinski definition) is 0. The second kappa shape index (κ2) is 6.02. The Balaban J connectivity index is 3.07. The normalized spacial score (nSPS) is 9.00. The standard InChI is InChI=1S/C7H11BrO/c1-2-7(9)5-3-4-6-8/h2H,1,3-6H2. The third kappa shape index (κ3) is 5.77. The van der Waals surface area contributed by atoms with Gasteiger partial charge in [0, 0.05) is 11.8 Å². The summed E-state index contributed by atoms with van der Waals surface area (Å²) in [6.07, 6.45) is 4.07. The van der Waals surface area contributed by atoms with Gasteiger partial charge in [-0.05, 0) is 18.9 Å². The largest absolute Gasteiger partial charge is 0.295 e. The molecular weight excluding hydrogens is 180 g/mol. The van der Waals surface area contributed by atoms with Crippen molar-refractivity contribution in [2.45, 2.75) is 19.3 Å².